The molecule has 2 aromatic carbocycles. The predicted octanol–water partition coefficient (Wildman–Crippen LogP) is 9.73. The number of sulfonamides is 1. The Labute approximate surface area is 264 Å². The lowest BCUT2D eigenvalue weighted by Gasteiger charge is -2.23. The van der Waals surface area contributed by atoms with Crippen LogP contribution in [0.3, 0.4) is 0 Å². The van der Waals surface area contributed by atoms with Gasteiger partial charge in [0.15, 0.2) is 0 Å². The van der Waals surface area contributed by atoms with Crippen LogP contribution in [0.2, 0.25) is 5.02 Å². The highest BCUT2D eigenvalue weighted by molar-refractivity contribution is 7.92. The molecule has 0 aromatic heterocycles. The second-order valence-corrected chi connectivity index (χ2v) is 13.5. The van der Waals surface area contributed by atoms with Gasteiger partial charge in [-0.05, 0) is 69.4 Å². The topological polar surface area (TPSA) is 80.8 Å². The monoisotopic (exact) mass is 631 g/mol. The van der Waals surface area contributed by atoms with Crippen molar-refractivity contribution >= 4 is 39.3 Å². The van der Waals surface area contributed by atoms with Crippen LogP contribution >= 0.6 is 11.6 Å². The van der Waals surface area contributed by atoms with Gasteiger partial charge in [-0.25, -0.2) is 13.2 Å². The summed E-state index contributed by atoms with van der Waals surface area (Å²) in [7, 11) is -4.11. The molecule has 2 aromatic rings. The SMILES string of the molecule is CCCCCCCCC=CCCCCCCCCCC(=O)OC(=O)CN(c1cccc(Cl)c1)S(=O)(=O)c1ccc(C)cc1. The molecule has 0 bridgehead atoms. The number of allylic oxidation sites excluding steroid dienone is 2. The number of rotatable bonds is 22. The van der Waals surface area contributed by atoms with Gasteiger partial charge in [0.2, 0.25) is 0 Å². The lowest BCUT2D eigenvalue weighted by Crippen LogP contribution is -2.37. The smallest absolute Gasteiger partial charge is 0.334 e. The van der Waals surface area contributed by atoms with Crippen molar-refractivity contribution in [3.63, 3.8) is 0 Å². The second kappa shape index (κ2) is 21.1. The van der Waals surface area contributed by atoms with Gasteiger partial charge < -0.3 is 4.74 Å². The first-order chi connectivity index (χ1) is 20.7. The molecule has 0 amide bonds. The Balaban J connectivity index is 1.65. The summed E-state index contributed by atoms with van der Waals surface area (Å²) >= 11 is 6.09. The van der Waals surface area contributed by atoms with E-state index in [9.17, 15) is 18.0 Å². The quantitative estimate of drug-likeness (QED) is 0.0559. The summed E-state index contributed by atoms with van der Waals surface area (Å²) in [6.45, 7) is 3.46. The van der Waals surface area contributed by atoms with E-state index < -0.39 is 28.5 Å². The fraction of sp³-hybridized carbons (Fsp3) is 0.543. The number of halogens is 1. The molecule has 0 spiro atoms. The van der Waals surface area contributed by atoms with Crippen molar-refractivity contribution in [2.45, 2.75) is 121 Å². The van der Waals surface area contributed by atoms with E-state index in [4.69, 9.17) is 16.3 Å². The minimum Gasteiger partial charge on any atom is -0.392 e. The summed E-state index contributed by atoms with van der Waals surface area (Å²) in [4.78, 5) is 25.0. The Hall–Kier alpha value is -2.64. The molecule has 2 rings (SSSR count). The third kappa shape index (κ3) is 15.1. The number of esters is 2. The third-order valence-electron chi connectivity index (χ3n) is 7.35. The Bertz CT molecular complexity index is 1230. The molecule has 43 heavy (non-hydrogen) atoms. The van der Waals surface area contributed by atoms with Crippen molar-refractivity contribution in [2.24, 2.45) is 0 Å². The molecule has 0 aliphatic carbocycles. The zero-order valence-corrected chi connectivity index (χ0v) is 27.6. The number of carbonyl (C=O) groups excluding carboxylic acids is 2. The molecule has 6 nitrogen and oxygen atoms in total. The van der Waals surface area contributed by atoms with Crippen molar-refractivity contribution in [1.29, 1.82) is 0 Å². The highest BCUT2D eigenvalue weighted by Crippen LogP contribution is 2.26. The van der Waals surface area contributed by atoms with Crippen molar-refractivity contribution in [3.8, 4) is 0 Å². The average Bonchev–Trinajstić information content (AvgIpc) is 2.97. The van der Waals surface area contributed by atoms with Crippen LogP contribution in [0, 0.1) is 6.92 Å². The first-order valence-electron chi connectivity index (χ1n) is 16.0. The molecule has 0 N–H and O–H groups in total. The summed E-state index contributed by atoms with van der Waals surface area (Å²) in [5.74, 6) is -1.57. The summed E-state index contributed by atoms with van der Waals surface area (Å²) in [5, 5.41) is 0.321. The number of carbonyl (C=O) groups is 2. The van der Waals surface area contributed by atoms with Crippen LogP contribution in [0.5, 0.6) is 0 Å². The van der Waals surface area contributed by atoms with E-state index in [0.29, 0.717) is 11.4 Å². The number of anilines is 1. The van der Waals surface area contributed by atoms with Gasteiger partial charge in [-0.15, -0.1) is 0 Å². The molecule has 0 saturated heterocycles. The molecule has 0 saturated carbocycles. The van der Waals surface area contributed by atoms with Gasteiger partial charge in [0.1, 0.15) is 6.54 Å². The first kappa shape index (κ1) is 36.6. The minimum atomic E-state index is -4.11. The summed E-state index contributed by atoms with van der Waals surface area (Å²) in [6, 6.07) is 12.5. The number of aryl methyl sites for hydroxylation is 1. The molecule has 0 heterocycles. The second-order valence-electron chi connectivity index (χ2n) is 11.2. The van der Waals surface area contributed by atoms with E-state index in [0.717, 1.165) is 35.6 Å². The molecule has 0 aliphatic rings. The summed E-state index contributed by atoms with van der Waals surface area (Å²) in [5.41, 5.74) is 1.11. The maximum atomic E-state index is 13.4. The Morgan fingerprint density at radius 2 is 1.33 bits per heavy atom. The fourth-order valence-corrected chi connectivity index (χ4v) is 6.39. The molecule has 8 heteroatoms. The predicted molar refractivity (Wildman–Crippen MR) is 177 cm³/mol. The van der Waals surface area contributed by atoms with Crippen LogP contribution in [-0.4, -0.2) is 26.9 Å². The number of ether oxygens (including phenoxy) is 1. The lowest BCUT2D eigenvalue weighted by atomic mass is 10.1. The van der Waals surface area contributed by atoms with E-state index in [1.54, 1.807) is 30.3 Å². The Morgan fingerprint density at radius 3 is 1.91 bits per heavy atom. The van der Waals surface area contributed by atoms with Crippen LogP contribution in [0.25, 0.3) is 0 Å². The van der Waals surface area contributed by atoms with E-state index in [2.05, 4.69) is 19.1 Å². The molecule has 0 radical (unpaired) electrons. The van der Waals surface area contributed by atoms with Crippen LogP contribution in [0.1, 0.15) is 115 Å². The number of nitrogens with zero attached hydrogens (tertiary/aromatic N) is 1. The normalized spacial score (nSPS) is 11.6. The number of benzene rings is 2. The van der Waals surface area contributed by atoms with Crippen LogP contribution < -0.4 is 4.31 Å². The number of unbranched alkanes of at least 4 members (excludes halogenated alkanes) is 13. The van der Waals surface area contributed by atoms with Crippen molar-refractivity contribution in [2.75, 3.05) is 10.8 Å². The van der Waals surface area contributed by atoms with Crippen molar-refractivity contribution < 1.29 is 22.7 Å². The van der Waals surface area contributed by atoms with Gasteiger partial charge in [0.05, 0.1) is 10.6 Å². The van der Waals surface area contributed by atoms with Gasteiger partial charge in [-0.2, -0.15) is 0 Å². The van der Waals surface area contributed by atoms with E-state index in [1.165, 1.54) is 82.4 Å². The van der Waals surface area contributed by atoms with E-state index >= 15 is 0 Å². The number of hydrogen-bond acceptors (Lipinski definition) is 5. The summed E-state index contributed by atoms with van der Waals surface area (Å²) < 4.78 is 32.7. The molecule has 0 atom stereocenters. The van der Waals surface area contributed by atoms with Crippen LogP contribution in [0.4, 0.5) is 5.69 Å². The Morgan fingerprint density at radius 1 is 0.767 bits per heavy atom. The average molecular weight is 632 g/mol. The standard InChI is InChI=1S/C35H50ClNO5S/c1-3-4-5-6-7-8-9-10-11-12-13-14-15-16-17-18-19-23-34(38)42-35(39)29-37(32-22-20-21-31(36)28-32)43(40,41)33-26-24-30(2)25-27-33/h10-11,20-22,24-28H,3-9,12-19,23,29H2,1-2H3. The molecule has 0 unspecified atom stereocenters. The van der Waals surface area contributed by atoms with Crippen molar-refractivity contribution in [1.82, 2.24) is 0 Å². The van der Waals surface area contributed by atoms with Gasteiger partial charge in [-0.3, -0.25) is 9.10 Å². The van der Waals surface area contributed by atoms with Crippen molar-refractivity contribution in [3.05, 3.63) is 71.3 Å². The third-order valence-corrected chi connectivity index (χ3v) is 9.37. The van der Waals surface area contributed by atoms with Gasteiger partial charge >= 0.3 is 11.9 Å². The van der Waals surface area contributed by atoms with Gasteiger partial charge in [0, 0.05) is 11.4 Å². The highest BCUT2D eigenvalue weighted by Gasteiger charge is 2.28. The maximum Gasteiger partial charge on any atom is 0.334 e. The largest absolute Gasteiger partial charge is 0.392 e. The van der Waals surface area contributed by atoms with Crippen LogP contribution in [-0.2, 0) is 24.3 Å². The van der Waals surface area contributed by atoms with Gasteiger partial charge in [-0.1, -0.05) is 119 Å². The Kier molecular flexibility index (Phi) is 18.0. The van der Waals surface area contributed by atoms with E-state index in [1.807, 2.05) is 6.92 Å². The highest BCUT2D eigenvalue weighted by atomic mass is 35.5. The van der Waals surface area contributed by atoms with E-state index in [-0.39, 0.29) is 17.0 Å². The number of hydrogen-bond donors (Lipinski definition) is 0. The zero-order chi connectivity index (χ0) is 31.3. The molecular weight excluding hydrogens is 582 g/mol. The molecule has 238 valence electrons. The lowest BCUT2D eigenvalue weighted by molar-refractivity contribution is -0.158. The van der Waals surface area contributed by atoms with Crippen LogP contribution in [0.15, 0.2) is 65.6 Å². The minimum absolute atomic E-state index is 0.0252. The molecular formula is C35H50ClNO5S. The fourth-order valence-electron chi connectivity index (χ4n) is 4.80. The first-order valence-corrected chi connectivity index (χ1v) is 17.8. The zero-order valence-electron chi connectivity index (χ0n) is 26.1. The maximum absolute atomic E-state index is 13.4. The molecule has 0 aliphatic heterocycles. The summed E-state index contributed by atoms with van der Waals surface area (Å²) in [6.07, 6.45) is 22.5. The molecule has 0 fully saturated rings. The van der Waals surface area contributed by atoms with Gasteiger partial charge in [0.25, 0.3) is 10.0 Å².